The Hall–Kier alpha value is -0.870. The number of halogens is 1. The lowest BCUT2D eigenvalue weighted by atomic mass is 10.1. The molecule has 5 heteroatoms. The summed E-state index contributed by atoms with van der Waals surface area (Å²) < 4.78 is 0. The van der Waals surface area contributed by atoms with Crippen molar-refractivity contribution in [3.8, 4) is 0 Å². The fraction of sp³-hybridized carbons (Fsp3) is 0.600. The number of anilines is 1. The quantitative estimate of drug-likeness (QED) is 0.832. The maximum Gasteiger partial charge on any atom is 0.171 e. The fourth-order valence-corrected chi connectivity index (χ4v) is 2.28. The Morgan fingerprint density at radius 1 is 1.53 bits per heavy atom. The van der Waals surface area contributed by atoms with Crippen molar-refractivity contribution in [3.05, 3.63) is 17.5 Å². The highest BCUT2D eigenvalue weighted by molar-refractivity contribution is 6.31. The van der Waals surface area contributed by atoms with E-state index in [9.17, 15) is 5.11 Å². The van der Waals surface area contributed by atoms with Crippen LogP contribution in [0.25, 0.3) is 0 Å². The monoisotopic (exact) mass is 227 g/mol. The van der Waals surface area contributed by atoms with Crippen molar-refractivity contribution in [2.24, 2.45) is 0 Å². The van der Waals surface area contributed by atoms with Crippen molar-refractivity contribution in [1.29, 1.82) is 0 Å². The Morgan fingerprint density at radius 2 is 2.27 bits per heavy atom. The maximum atomic E-state index is 9.64. The van der Waals surface area contributed by atoms with Gasteiger partial charge in [0.2, 0.25) is 0 Å². The van der Waals surface area contributed by atoms with Gasteiger partial charge in [0.25, 0.3) is 0 Å². The van der Waals surface area contributed by atoms with Gasteiger partial charge in [-0.25, -0.2) is 9.97 Å². The molecule has 0 aromatic carbocycles. The average molecular weight is 228 g/mol. The van der Waals surface area contributed by atoms with Gasteiger partial charge in [-0.1, -0.05) is 11.6 Å². The Balaban J connectivity index is 2.27. The molecule has 15 heavy (non-hydrogen) atoms. The molecule has 0 radical (unpaired) electrons. The summed E-state index contributed by atoms with van der Waals surface area (Å²) in [5, 5.41) is 10.0. The summed E-state index contributed by atoms with van der Waals surface area (Å²) in [6, 6.07) is 0.110. The second-order valence-electron chi connectivity index (χ2n) is 3.81. The zero-order chi connectivity index (χ0) is 10.8. The summed E-state index contributed by atoms with van der Waals surface area (Å²) >= 11 is 5.98. The largest absolute Gasteiger partial charge is 0.391 e. The van der Waals surface area contributed by atoms with Gasteiger partial charge in [0.05, 0.1) is 12.1 Å². The molecule has 0 saturated carbocycles. The number of hydrogen-bond donors (Lipinski definition) is 1. The van der Waals surface area contributed by atoms with Crippen LogP contribution in [0.3, 0.4) is 0 Å². The van der Waals surface area contributed by atoms with Gasteiger partial charge in [0, 0.05) is 18.9 Å². The first-order valence-electron chi connectivity index (χ1n) is 5.11. The number of nitrogens with zero attached hydrogens (tertiary/aromatic N) is 3. The molecule has 0 spiro atoms. The normalized spacial score (nSPS) is 23.1. The third kappa shape index (κ3) is 2.06. The Labute approximate surface area is 93.9 Å². The molecule has 2 atom stereocenters. The number of aromatic nitrogens is 2. The smallest absolute Gasteiger partial charge is 0.171 e. The lowest BCUT2D eigenvalue weighted by molar-refractivity contribution is 0.164. The van der Waals surface area contributed by atoms with Crippen molar-refractivity contribution in [1.82, 2.24) is 9.97 Å². The van der Waals surface area contributed by atoms with E-state index in [1.54, 1.807) is 19.3 Å². The summed E-state index contributed by atoms with van der Waals surface area (Å²) in [5.74, 6) is 0.683. The van der Waals surface area contributed by atoms with E-state index < -0.39 is 0 Å². The van der Waals surface area contributed by atoms with Crippen LogP contribution in [0.5, 0.6) is 0 Å². The SMILES string of the molecule is C[C@@H](O)[C@@H]1CCCN1c1nccnc1Cl. The summed E-state index contributed by atoms with van der Waals surface area (Å²) in [7, 11) is 0. The van der Waals surface area contributed by atoms with E-state index in [4.69, 9.17) is 11.6 Å². The van der Waals surface area contributed by atoms with E-state index in [2.05, 4.69) is 9.97 Å². The molecule has 1 aliphatic heterocycles. The molecule has 1 aromatic heterocycles. The van der Waals surface area contributed by atoms with Crippen LogP contribution in [0.2, 0.25) is 5.15 Å². The second kappa shape index (κ2) is 4.33. The lowest BCUT2D eigenvalue weighted by Crippen LogP contribution is -2.38. The van der Waals surface area contributed by atoms with Crippen LogP contribution in [-0.4, -0.2) is 33.8 Å². The van der Waals surface area contributed by atoms with E-state index in [0.29, 0.717) is 11.0 Å². The minimum absolute atomic E-state index is 0.110. The zero-order valence-corrected chi connectivity index (χ0v) is 9.35. The topological polar surface area (TPSA) is 49.2 Å². The number of rotatable bonds is 2. The molecule has 1 saturated heterocycles. The summed E-state index contributed by atoms with van der Waals surface area (Å²) in [6.07, 6.45) is 4.86. The molecule has 2 heterocycles. The molecule has 4 nitrogen and oxygen atoms in total. The lowest BCUT2D eigenvalue weighted by Gasteiger charge is -2.27. The van der Waals surface area contributed by atoms with Gasteiger partial charge in [0.15, 0.2) is 11.0 Å². The first-order chi connectivity index (χ1) is 7.20. The van der Waals surface area contributed by atoms with E-state index in [1.165, 1.54) is 0 Å². The molecule has 0 unspecified atom stereocenters. The van der Waals surface area contributed by atoms with Crippen LogP contribution in [0.1, 0.15) is 19.8 Å². The van der Waals surface area contributed by atoms with Crippen molar-refractivity contribution in [2.45, 2.75) is 31.9 Å². The average Bonchev–Trinajstić information content (AvgIpc) is 2.67. The molecule has 2 rings (SSSR count). The van der Waals surface area contributed by atoms with Gasteiger partial charge in [-0.15, -0.1) is 0 Å². The predicted octanol–water partition coefficient (Wildman–Crippen LogP) is 1.48. The van der Waals surface area contributed by atoms with Crippen LogP contribution < -0.4 is 4.90 Å². The molecule has 82 valence electrons. The molecule has 1 N–H and O–H groups in total. The highest BCUT2D eigenvalue weighted by Gasteiger charge is 2.30. The van der Waals surface area contributed by atoms with Crippen LogP contribution >= 0.6 is 11.6 Å². The molecule has 1 aromatic rings. The zero-order valence-electron chi connectivity index (χ0n) is 8.60. The number of aliphatic hydroxyl groups is 1. The molecule has 0 bridgehead atoms. The minimum Gasteiger partial charge on any atom is -0.391 e. The fourth-order valence-electron chi connectivity index (χ4n) is 2.06. The predicted molar refractivity (Wildman–Crippen MR) is 59.1 cm³/mol. The number of aliphatic hydroxyl groups excluding tert-OH is 1. The summed E-state index contributed by atoms with van der Waals surface area (Å²) in [4.78, 5) is 10.3. The van der Waals surface area contributed by atoms with Gasteiger partial charge >= 0.3 is 0 Å². The van der Waals surface area contributed by atoms with Crippen molar-refractivity contribution in [3.63, 3.8) is 0 Å². The van der Waals surface area contributed by atoms with E-state index in [-0.39, 0.29) is 12.1 Å². The van der Waals surface area contributed by atoms with E-state index in [1.807, 2.05) is 4.90 Å². The van der Waals surface area contributed by atoms with Gasteiger partial charge in [-0.2, -0.15) is 0 Å². The molecule has 0 aliphatic carbocycles. The van der Waals surface area contributed by atoms with Gasteiger partial charge in [-0.3, -0.25) is 0 Å². The van der Waals surface area contributed by atoms with Crippen molar-refractivity contribution < 1.29 is 5.11 Å². The van der Waals surface area contributed by atoms with Crippen LogP contribution in [0.15, 0.2) is 12.4 Å². The van der Waals surface area contributed by atoms with Crippen LogP contribution in [0.4, 0.5) is 5.82 Å². The molecular formula is C10H14ClN3O. The standard InChI is InChI=1S/C10H14ClN3O/c1-7(15)8-3-2-6-14(8)10-9(11)12-4-5-13-10/h4-5,7-8,15H,2-3,6H2,1H3/t7-,8+/m1/s1. The van der Waals surface area contributed by atoms with Gasteiger partial charge < -0.3 is 10.0 Å². The Morgan fingerprint density at radius 3 is 2.93 bits per heavy atom. The van der Waals surface area contributed by atoms with Crippen LogP contribution in [0, 0.1) is 0 Å². The Bertz CT molecular complexity index is 345. The first-order valence-corrected chi connectivity index (χ1v) is 5.49. The second-order valence-corrected chi connectivity index (χ2v) is 4.17. The van der Waals surface area contributed by atoms with Crippen LogP contribution in [-0.2, 0) is 0 Å². The first kappa shape index (κ1) is 10.6. The molecular weight excluding hydrogens is 214 g/mol. The highest BCUT2D eigenvalue weighted by atomic mass is 35.5. The highest BCUT2D eigenvalue weighted by Crippen LogP contribution is 2.29. The summed E-state index contributed by atoms with van der Waals surface area (Å²) in [5.41, 5.74) is 0. The molecule has 1 fully saturated rings. The maximum absolute atomic E-state index is 9.64. The summed E-state index contributed by atoms with van der Waals surface area (Å²) in [6.45, 7) is 2.68. The molecule has 0 amide bonds. The Kier molecular flexibility index (Phi) is 3.07. The van der Waals surface area contributed by atoms with Crippen molar-refractivity contribution >= 4 is 17.4 Å². The van der Waals surface area contributed by atoms with Gasteiger partial charge in [-0.05, 0) is 19.8 Å². The molecule has 1 aliphatic rings. The van der Waals surface area contributed by atoms with E-state index in [0.717, 1.165) is 19.4 Å². The van der Waals surface area contributed by atoms with E-state index >= 15 is 0 Å². The van der Waals surface area contributed by atoms with Crippen molar-refractivity contribution in [2.75, 3.05) is 11.4 Å². The third-order valence-corrected chi connectivity index (χ3v) is 3.03. The van der Waals surface area contributed by atoms with Gasteiger partial charge in [0.1, 0.15) is 0 Å². The minimum atomic E-state index is -0.370. The number of hydrogen-bond acceptors (Lipinski definition) is 4. The third-order valence-electron chi connectivity index (χ3n) is 2.76.